The van der Waals surface area contributed by atoms with Gasteiger partial charge in [-0.25, -0.2) is 9.97 Å². The molecule has 82 valence electrons. The predicted octanol–water partition coefficient (Wildman–Crippen LogP) is 2.42. The lowest BCUT2D eigenvalue weighted by molar-refractivity contribution is 1.16. The van der Waals surface area contributed by atoms with Crippen LogP contribution in [0.4, 0.5) is 17.3 Å². The molecule has 0 aliphatic rings. The molecule has 0 fully saturated rings. The Hall–Kier alpha value is -2.10. The number of nitrogens with two attached hydrogens (primary N) is 1. The van der Waals surface area contributed by atoms with E-state index in [4.69, 9.17) is 5.73 Å². The van der Waals surface area contributed by atoms with Gasteiger partial charge in [0.2, 0.25) is 0 Å². The minimum Gasteiger partial charge on any atom is -0.397 e. The van der Waals surface area contributed by atoms with E-state index < -0.39 is 0 Å². The average molecular weight is 214 g/mol. The van der Waals surface area contributed by atoms with Gasteiger partial charge < -0.3 is 11.1 Å². The maximum Gasteiger partial charge on any atom is 0.132 e. The third kappa shape index (κ3) is 2.48. The van der Waals surface area contributed by atoms with E-state index in [2.05, 4.69) is 15.3 Å². The largest absolute Gasteiger partial charge is 0.397 e. The van der Waals surface area contributed by atoms with E-state index in [1.165, 1.54) is 5.56 Å². The minimum atomic E-state index is 0.652. The number of hydrogen-bond donors (Lipinski definition) is 2. The number of aromatic nitrogens is 2. The van der Waals surface area contributed by atoms with Gasteiger partial charge in [0.25, 0.3) is 0 Å². The van der Waals surface area contributed by atoms with Crippen molar-refractivity contribution in [3.05, 3.63) is 41.7 Å². The van der Waals surface area contributed by atoms with Gasteiger partial charge in [-0.15, -0.1) is 0 Å². The zero-order chi connectivity index (χ0) is 11.5. The summed E-state index contributed by atoms with van der Waals surface area (Å²) in [5.74, 6) is 1.54. The molecular weight excluding hydrogens is 200 g/mol. The lowest BCUT2D eigenvalue weighted by atomic mass is 10.2. The fourth-order valence-corrected chi connectivity index (χ4v) is 1.52. The zero-order valence-electron chi connectivity index (χ0n) is 9.36. The molecule has 0 aromatic carbocycles. The van der Waals surface area contributed by atoms with Gasteiger partial charge in [-0.05, 0) is 43.7 Å². The van der Waals surface area contributed by atoms with Crippen molar-refractivity contribution in [2.75, 3.05) is 11.1 Å². The van der Waals surface area contributed by atoms with Crippen LogP contribution in [0.15, 0.2) is 30.5 Å². The van der Waals surface area contributed by atoms with Crippen LogP contribution in [-0.4, -0.2) is 9.97 Å². The molecule has 16 heavy (non-hydrogen) atoms. The van der Waals surface area contributed by atoms with E-state index in [0.717, 1.165) is 17.3 Å². The highest BCUT2D eigenvalue weighted by Gasteiger charge is 1.99. The summed E-state index contributed by atoms with van der Waals surface area (Å²) in [4.78, 5) is 8.53. The summed E-state index contributed by atoms with van der Waals surface area (Å²) in [5, 5.41) is 3.14. The second kappa shape index (κ2) is 4.18. The van der Waals surface area contributed by atoms with Crippen LogP contribution in [0.1, 0.15) is 11.3 Å². The molecule has 4 nitrogen and oxygen atoms in total. The predicted molar refractivity (Wildman–Crippen MR) is 65.6 cm³/mol. The van der Waals surface area contributed by atoms with Crippen LogP contribution in [0.5, 0.6) is 0 Å². The summed E-state index contributed by atoms with van der Waals surface area (Å²) in [6.45, 7) is 4.00. The Labute approximate surface area is 94.5 Å². The summed E-state index contributed by atoms with van der Waals surface area (Å²) in [5.41, 5.74) is 8.37. The van der Waals surface area contributed by atoms with Gasteiger partial charge in [0.15, 0.2) is 0 Å². The molecule has 0 aliphatic carbocycles. The zero-order valence-corrected chi connectivity index (χ0v) is 9.36. The molecule has 0 atom stereocenters. The fraction of sp³-hybridized carbons (Fsp3) is 0.167. The second-order valence-corrected chi connectivity index (χ2v) is 3.77. The monoisotopic (exact) mass is 214 g/mol. The van der Waals surface area contributed by atoms with E-state index in [0.29, 0.717) is 5.69 Å². The molecule has 4 heteroatoms. The first-order valence-electron chi connectivity index (χ1n) is 5.07. The van der Waals surface area contributed by atoms with Gasteiger partial charge in [0.1, 0.15) is 11.6 Å². The maximum atomic E-state index is 5.56. The molecule has 0 saturated heterocycles. The van der Waals surface area contributed by atoms with Gasteiger partial charge in [-0.2, -0.15) is 0 Å². The van der Waals surface area contributed by atoms with Gasteiger partial charge in [-0.3, -0.25) is 0 Å². The van der Waals surface area contributed by atoms with Crippen LogP contribution < -0.4 is 11.1 Å². The van der Waals surface area contributed by atoms with Crippen molar-refractivity contribution in [2.45, 2.75) is 13.8 Å². The van der Waals surface area contributed by atoms with Crippen molar-refractivity contribution in [3.8, 4) is 0 Å². The van der Waals surface area contributed by atoms with Crippen LogP contribution in [-0.2, 0) is 0 Å². The first-order valence-corrected chi connectivity index (χ1v) is 5.07. The van der Waals surface area contributed by atoms with Crippen LogP contribution in [0.2, 0.25) is 0 Å². The summed E-state index contributed by atoms with van der Waals surface area (Å²) >= 11 is 0. The topological polar surface area (TPSA) is 63.8 Å². The van der Waals surface area contributed by atoms with E-state index in [1.54, 1.807) is 12.3 Å². The quantitative estimate of drug-likeness (QED) is 0.805. The van der Waals surface area contributed by atoms with Crippen LogP contribution in [0.25, 0.3) is 0 Å². The Morgan fingerprint density at radius 3 is 2.56 bits per heavy atom. The highest BCUT2D eigenvalue weighted by molar-refractivity contribution is 5.54. The van der Waals surface area contributed by atoms with Crippen molar-refractivity contribution >= 4 is 17.3 Å². The maximum absolute atomic E-state index is 5.56. The number of anilines is 3. The third-order valence-corrected chi connectivity index (χ3v) is 2.14. The number of nitrogen functional groups attached to an aromatic ring is 1. The third-order valence-electron chi connectivity index (χ3n) is 2.14. The Balaban J connectivity index is 2.23. The molecule has 2 aromatic rings. The summed E-state index contributed by atoms with van der Waals surface area (Å²) in [6.07, 6.45) is 1.62. The van der Waals surface area contributed by atoms with Crippen molar-refractivity contribution in [3.63, 3.8) is 0 Å². The van der Waals surface area contributed by atoms with Gasteiger partial charge in [-0.1, -0.05) is 0 Å². The first-order chi connectivity index (χ1) is 7.63. The van der Waals surface area contributed by atoms with E-state index in [-0.39, 0.29) is 0 Å². The van der Waals surface area contributed by atoms with E-state index in [1.807, 2.05) is 32.0 Å². The van der Waals surface area contributed by atoms with Crippen molar-refractivity contribution in [1.29, 1.82) is 0 Å². The smallest absolute Gasteiger partial charge is 0.132 e. The lowest BCUT2D eigenvalue weighted by Crippen LogP contribution is -1.98. The summed E-state index contributed by atoms with van der Waals surface area (Å²) in [6, 6.07) is 7.64. The molecule has 0 bridgehead atoms. The van der Waals surface area contributed by atoms with Gasteiger partial charge in [0.05, 0.1) is 11.9 Å². The Kier molecular flexibility index (Phi) is 2.72. The highest BCUT2D eigenvalue weighted by Crippen LogP contribution is 2.15. The van der Waals surface area contributed by atoms with Crippen molar-refractivity contribution in [1.82, 2.24) is 9.97 Å². The van der Waals surface area contributed by atoms with Crippen LogP contribution >= 0.6 is 0 Å². The first kappa shape index (κ1) is 10.4. The van der Waals surface area contributed by atoms with Crippen LogP contribution in [0.3, 0.4) is 0 Å². The highest BCUT2D eigenvalue weighted by atomic mass is 15.1. The summed E-state index contributed by atoms with van der Waals surface area (Å²) < 4.78 is 0. The molecule has 2 heterocycles. The van der Waals surface area contributed by atoms with Gasteiger partial charge in [0, 0.05) is 5.69 Å². The molecule has 3 N–H and O–H groups in total. The lowest BCUT2D eigenvalue weighted by Gasteiger charge is -2.06. The van der Waals surface area contributed by atoms with Crippen molar-refractivity contribution < 1.29 is 0 Å². The number of nitrogens with zero attached hydrogens (tertiary/aromatic N) is 2. The number of hydrogen-bond acceptors (Lipinski definition) is 4. The Morgan fingerprint density at radius 2 is 1.94 bits per heavy atom. The SMILES string of the molecule is Cc1cc(C)nc(Nc2ccc(N)cn2)c1. The Bertz CT molecular complexity index is 471. The molecule has 2 rings (SSSR count). The van der Waals surface area contributed by atoms with E-state index >= 15 is 0 Å². The molecule has 0 aliphatic heterocycles. The molecule has 0 amide bonds. The number of pyridine rings is 2. The average Bonchev–Trinajstić information content (AvgIpc) is 2.20. The van der Waals surface area contributed by atoms with Crippen LogP contribution in [0, 0.1) is 13.8 Å². The minimum absolute atomic E-state index is 0.652. The fourth-order valence-electron chi connectivity index (χ4n) is 1.52. The normalized spacial score (nSPS) is 10.1. The number of nitrogens with one attached hydrogen (secondary N) is 1. The molecule has 0 saturated carbocycles. The summed E-state index contributed by atoms with van der Waals surface area (Å²) in [7, 11) is 0. The molecule has 2 aromatic heterocycles. The molecular formula is C12H14N4. The number of rotatable bonds is 2. The number of aryl methyl sites for hydroxylation is 2. The molecule has 0 spiro atoms. The van der Waals surface area contributed by atoms with Gasteiger partial charge >= 0.3 is 0 Å². The Morgan fingerprint density at radius 1 is 1.12 bits per heavy atom. The molecule has 0 unspecified atom stereocenters. The second-order valence-electron chi connectivity index (χ2n) is 3.77. The standard InChI is InChI=1S/C12H14N4/c1-8-5-9(2)15-12(6-8)16-11-4-3-10(13)7-14-11/h3-7H,13H2,1-2H3,(H,14,15,16). The molecule has 0 radical (unpaired) electrons. The van der Waals surface area contributed by atoms with Crippen molar-refractivity contribution in [2.24, 2.45) is 0 Å². The van der Waals surface area contributed by atoms with E-state index in [9.17, 15) is 0 Å².